The van der Waals surface area contributed by atoms with Gasteiger partial charge in [0.15, 0.2) is 0 Å². The van der Waals surface area contributed by atoms with Crippen LogP contribution < -0.4 is 5.73 Å². The standard InChI is InChI=1S/C15H21ClN2O2S/c16-14-3-1-13-10-18(7-5-12(13)9-14)21(19,20)8-6-11-2-4-15(11)17/h1,3,9,11,15H,2,4-8,10,17H2/t11-,15+/m1/s1. The summed E-state index contributed by atoms with van der Waals surface area (Å²) in [5.41, 5.74) is 8.11. The van der Waals surface area contributed by atoms with Crippen molar-refractivity contribution in [2.45, 2.75) is 38.3 Å². The van der Waals surface area contributed by atoms with E-state index in [1.165, 1.54) is 0 Å². The Morgan fingerprint density at radius 1 is 1.29 bits per heavy atom. The lowest BCUT2D eigenvalue weighted by molar-refractivity contribution is 0.249. The molecule has 2 N–H and O–H groups in total. The lowest BCUT2D eigenvalue weighted by Gasteiger charge is -2.34. The normalized spacial score (nSPS) is 26.2. The zero-order valence-electron chi connectivity index (χ0n) is 12.0. The van der Waals surface area contributed by atoms with Crippen LogP contribution in [0.2, 0.25) is 5.02 Å². The van der Waals surface area contributed by atoms with Gasteiger partial charge in [0.25, 0.3) is 0 Å². The van der Waals surface area contributed by atoms with Crippen LogP contribution in [0.15, 0.2) is 18.2 Å². The maximum Gasteiger partial charge on any atom is 0.214 e. The van der Waals surface area contributed by atoms with E-state index in [1.54, 1.807) is 4.31 Å². The molecule has 1 aromatic carbocycles. The summed E-state index contributed by atoms with van der Waals surface area (Å²) in [4.78, 5) is 0. The van der Waals surface area contributed by atoms with Gasteiger partial charge in [-0.2, -0.15) is 4.31 Å². The number of fused-ring (bicyclic) bond motifs is 1. The Labute approximate surface area is 131 Å². The molecule has 0 spiro atoms. The van der Waals surface area contributed by atoms with E-state index < -0.39 is 10.0 Å². The molecule has 2 aliphatic rings. The van der Waals surface area contributed by atoms with Gasteiger partial charge in [-0.25, -0.2) is 8.42 Å². The van der Waals surface area contributed by atoms with Crippen LogP contribution in [0.3, 0.4) is 0 Å². The zero-order chi connectivity index (χ0) is 15.0. The SMILES string of the molecule is N[C@H]1CC[C@@H]1CCS(=O)(=O)N1CCc2cc(Cl)ccc2C1. The van der Waals surface area contributed by atoms with Crippen LogP contribution in [0.1, 0.15) is 30.4 Å². The molecule has 0 aromatic heterocycles. The van der Waals surface area contributed by atoms with Crippen molar-refractivity contribution >= 4 is 21.6 Å². The Hall–Kier alpha value is -0.620. The molecule has 1 aromatic rings. The Morgan fingerprint density at radius 3 is 2.76 bits per heavy atom. The van der Waals surface area contributed by atoms with Gasteiger partial charge in [-0.1, -0.05) is 17.7 Å². The molecule has 1 aliphatic heterocycles. The van der Waals surface area contributed by atoms with Gasteiger partial charge in [-0.15, -0.1) is 0 Å². The molecule has 116 valence electrons. The third-order valence-electron chi connectivity index (χ3n) is 4.76. The van der Waals surface area contributed by atoms with Gasteiger partial charge in [0.2, 0.25) is 10.0 Å². The predicted octanol–water partition coefficient (Wildman–Crippen LogP) is 2.16. The number of rotatable bonds is 4. The molecule has 4 nitrogen and oxygen atoms in total. The van der Waals surface area contributed by atoms with E-state index in [9.17, 15) is 8.42 Å². The summed E-state index contributed by atoms with van der Waals surface area (Å²) in [5.74, 6) is 0.601. The largest absolute Gasteiger partial charge is 0.327 e. The van der Waals surface area contributed by atoms with Crippen molar-refractivity contribution < 1.29 is 8.42 Å². The molecule has 1 fully saturated rings. The highest BCUT2D eigenvalue weighted by Crippen LogP contribution is 2.30. The lowest BCUT2D eigenvalue weighted by atomic mass is 9.79. The maximum absolute atomic E-state index is 12.5. The fraction of sp³-hybridized carbons (Fsp3) is 0.600. The number of nitrogens with two attached hydrogens (primary N) is 1. The maximum atomic E-state index is 12.5. The minimum Gasteiger partial charge on any atom is -0.327 e. The summed E-state index contributed by atoms with van der Waals surface area (Å²) in [6, 6.07) is 5.89. The second-order valence-electron chi connectivity index (χ2n) is 6.10. The summed E-state index contributed by atoms with van der Waals surface area (Å²) in [6.45, 7) is 1.01. The predicted molar refractivity (Wildman–Crippen MR) is 84.7 cm³/mol. The zero-order valence-corrected chi connectivity index (χ0v) is 13.5. The van der Waals surface area contributed by atoms with Crippen LogP contribution in [-0.4, -0.2) is 31.1 Å². The van der Waals surface area contributed by atoms with Gasteiger partial charge in [0.1, 0.15) is 0 Å². The molecular formula is C15H21ClN2O2S. The Kier molecular flexibility index (Phi) is 4.28. The Morgan fingerprint density at radius 2 is 2.10 bits per heavy atom. The smallest absolute Gasteiger partial charge is 0.214 e. The van der Waals surface area contributed by atoms with E-state index >= 15 is 0 Å². The quantitative estimate of drug-likeness (QED) is 0.921. The molecule has 1 heterocycles. The topological polar surface area (TPSA) is 63.4 Å². The van der Waals surface area contributed by atoms with E-state index in [4.69, 9.17) is 17.3 Å². The van der Waals surface area contributed by atoms with E-state index in [1.807, 2.05) is 18.2 Å². The number of hydrogen-bond acceptors (Lipinski definition) is 3. The van der Waals surface area contributed by atoms with Crippen LogP contribution in [0.25, 0.3) is 0 Å². The molecule has 0 bridgehead atoms. The van der Waals surface area contributed by atoms with Gasteiger partial charge in [-0.3, -0.25) is 0 Å². The minimum absolute atomic E-state index is 0.199. The molecule has 0 amide bonds. The van der Waals surface area contributed by atoms with Gasteiger partial charge in [-0.05, 0) is 54.9 Å². The van der Waals surface area contributed by atoms with Crippen LogP contribution in [0.5, 0.6) is 0 Å². The second-order valence-corrected chi connectivity index (χ2v) is 8.63. The summed E-state index contributed by atoms with van der Waals surface area (Å²) in [5, 5.41) is 0.712. The van der Waals surface area contributed by atoms with Crippen LogP contribution in [0.4, 0.5) is 0 Å². The van der Waals surface area contributed by atoms with E-state index in [-0.39, 0.29) is 11.8 Å². The van der Waals surface area contributed by atoms with E-state index in [0.717, 1.165) is 30.4 Å². The molecule has 1 aliphatic carbocycles. The van der Waals surface area contributed by atoms with E-state index in [0.29, 0.717) is 30.5 Å². The first kappa shape index (κ1) is 15.3. The van der Waals surface area contributed by atoms with Gasteiger partial charge in [0, 0.05) is 24.2 Å². The molecule has 2 atom stereocenters. The minimum atomic E-state index is -3.19. The summed E-state index contributed by atoms with van der Waals surface area (Å²) in [7, 11) is -3.19. The van der Waals surface area contributed by atoms with Crippen molar-refractivity contribution in [2.24, 2.45) is 11.7 Å². The second kappa shape index (κ2) is 5.88. The first-order valence-electron chi connectivity index (χ1n) is 7.46. The summed E-state index contributed by atoms with van der Waals surface area (Å²) >= 11 is 5.98. The molecular weight excluding hydrogens is 308 g/mol. The van der Waals surface area contributed by atoms with Crippen molar-refractivity contribution in [3.8, 4) is 0 Å². The van der Waals surface area contributed by atoms with Gasteiger partial charge >= 0.3 is 0 Å². The Bertz CT molecular complexity index is 633. The lowest BCUT2D eigenvalue weighted by Crippen LogP contribution is -2.42. The van der Waals surface area contributed by atoms with Gasteiger partial charge < -0.3 is 5.73 Å². The van der Waals surface area contributed by atoms with Crippen molar-refractivity contribution in [2.75, 3.05) is 12.3 Å². The van der Waals surface area contributed by atoms with Gasteiger partial charge in [0.05, 0.1) is 5.75 Å². The number of nitrogens with zero attached hydrogens (tertiary/aromatic N) is 1. The van der Waals surface area contributed by atoms with E-state index in [2.05, 4.69) is 0 Å². The molecule has 21 heavy (non-hydrogen) atoms. The van der Waals surface area contributed by atoms with Crippen molar-refractivity contribution in [1.29, 1.82) is 0 Å². The molecule has 1 saturated carbocycles. The number of halogens is 1. The molecule has 0 saturated heterocycles. The highest BCUT2D eigenvalue weighted by atomic mass is 35.5. The average molecular weight is 329 g/mol. The van der Waals surface area contributed by atoms with Crippen LogP contribution in [0, 0.1) is 5.92 Å². The van der Waals surface area contributed by atoms with Crippen LogP contribution in [-0.2, 0) is 23.0 Å². The molecule has 6 heteroatoms. The number of benzene rings is 1. The first-order valence-corrected chi connectivity index (χ1v) is 9.45. The summed E-state index contributed by atoms with van der Waals surface area (Å²) in [6.07, 6.45) is 3.52. The first-order chi connectivity index (χ1) is 9.95. The van der Waals surface area contributed by atoms with Crippen molar-refractivity contribution in [1.82, 2.24) is 4.31 Å². The van der Waals surface area contributed by atoms with Crippen molar-refractivity contribution in [3.63, 3.8) is 0 Å². The average Bonchev–Trinajstić information content (AvgIpc) is 2.45. The number of hydrogen-bond donors (Lipinski definition) is 1. The monoisotopic (exact) mass is 328 g/mol. The fourth-order valence-electron chi connectivity index (χ4n) is 3.12. The Balaban J connectivity index is 1.65. The van der Waals surface area contributed by atoms with Crippen molar-refractivity contribution in [3.05, 3.63) is 34.3 Å². The highest BCUT2D eigenvalue weighted by Gasteiger charge is 2.31. The third-order valence-corrected chi connectivity index (χ3v) is 6.85. The molecule has 0 radical (unpaired) electrons. The molecule has 3 rings (SSSR count). The molecule has 0 unspecified atom stereocenters. The third kappa shape index (κ3) is 3.26. The highest BCUT2D eigenvalue weighted by molar-refractivity contribution is 7.89. The summed E-state index contributed by atoms with van der Waals surface area (Å²) < 4.78 is 26.5. The number of sulfonamides is 1. The van der Waals surface area contributed by atoms with Crippen LogP contribution >= 0.6 is 11.6 Å². The fourth-order valence-corrected chi connectivity index (χ4v) is 4.87.